The molecule has 0 radical (unpaired) electrons. The van der Waals surface area contributed by atoms with Crippen molar-refractivity contribution >= 4 is 11.3 Å². The van der Waals surface area contributed by atoms with Gasteiger partial charge in [-0.1, -0.05) is 0 Å². The van der Waals surface area contributed by atoms with Gasteiger partial charge in [-0.15, -0.1) is 11.3 Å². The lowest BCUT2D eigenvalue weighted by atomic mass is 10.0. The third-order valence-corrected chi connectivity index (χ3v) is 3.75. The van der Waals surface area contributed by atoms with E-state index in [2.05, 4.69) is 4.98 Å². The Kier molecular flexibility index (Phi) is 4.39. The highest BCUT2D eigenvalue weighted by Crippen LogP contribution is 2.30. The fraction of sp³-hybridized carbons (Fsp3) is 0.357. The molecule has 1 atom stereocenters. The number of nitrogens with zero attached hydrogens (tertiary/aromatic N) is 1. The summed E-state index contributed by atoms with van der Waals surface area (Å²) in [6.07, 6.45) is 0.688. The highest BCUT2D eigenvalue weighted by Gasteiger charge is 2.15. The molecule has 102 valence electrons. The highest BCUT2D eigenvalue weighted by molar-refractivity contribution is 7.09. The Hall–Kier alpha value is -1.59. The molecule has 19 heavy (non-hydrogen) atoms. The van der Waals surface area contributed by atoms with E-state index in [4.69, 9.17) is 15.2 Å². The summed E-state index contributed by atoms with van der Waals surface area (Å²) in [5.41, 5.74) is 8.22. The standard InChI is InChI=1S/C14H18N2O2S/c1-9-16-10(8-19-9)6-13(15)12-7-11(17-2)4-5-14(12)18-3/h4-5,7-8,13H,6,15H2,1-3H3. The molecule has 1 aromatic heterocycles. The van der Waals surface area contributed by atoms with Crippen molar-refractivity contribution in [2.45, 2.75) is 19.4 Å². The Bertz CT molecular complexity index is 554. The van der Waals surface area contributed by atoms with Gasteiger partial charge in [-0.2, -0.15) is 0 Å². The second-order valence-electron chi connectivity index (χ2n) is 4.28. The SMILES string of the molecule is COc1ccc(OC)c(C(N)Cc2csc(C)n2)c1. The van der Waals surface area contributed by atoms with Gasteiger partial charge >= 0.3 is 0 Å². The predicted octanol–water partition coefficient (Wildman–Crippen LogP) is 2.71. The van der Waals surface area contributed by atoms with E-state index in [1.54, 1.807) is 25.6 Å². The van der Waals surface area contributed by atoms with Gasteiger partial charge < -0.3 is 15.2 Å². The van der Waals surface area contributed by atoms with Crippen molar-refractivity contribution in [1.82, 2.24) is 4.98 Å². The molecule has 0 fully saturated rings. The molecule has 1 heterocycles. The van der Waals surface area contributed by atoms with Crippen LogP contribution in [0.1, 0.15) is 22.3 Å². The number of thiazole rings is 1. The molecule has 4 nitrogen and oxygen atoms in total. The molecule has 0 aliphatic rings. The lowest BCUT2D eigenvalue weighted by Gasteiger charge is -2.16. The normalized spacial score (nSPS) is 12.2. The van der Waals surface area contributed by atoms with Crippen LogP contribution in [0.4, 0.5) is 0 Å². The second kappa shape index (κ2) is 6.04. The molecule has 0 saturated heterocycles. The van der Waals surface area contributed by atoms with Crippen LogP contribution in [0.25, 0.3) is 0 Å². The first-order valence-corrected chi connectivity index (χ1v) is 6.90. The summed E-state index contributed by atoms with van der Waals surface area (Å²) in [6, 6.07) is 5.50. The number of methoxy groups -OCH3 is 2. The van der Waals surface area contributed by atoms with Crippen LogP contribution in [-0.4, -0.2) is 19.2 Å². The molecule has 0 spiro atoms. The lowest BCUT2D eigenvalue weighted by Crippen LogP contribution is -2.15. The summed E-state index contributed by atoms with van der Waals surface area (Å²) >= 11 is 1.64. The number of aryl methyl sites for hydroxylation is 1. The van der Waals surface area contributed by atoms with Gasteiger partial charge in [0.2, 0.25) is 0 Å². The van der Waals surface area contributed by atoms with Crippen molar-refractivity contribution in [1.29, 1.82) is 0 Å². The van der Waals surface area contributed by atoms with Crippen molar-refractivity contribution in [3.8, 4) is 11.5 Å². The van der Waals surface area contributed by atoms with Gasteiger partial charge in [0.1, 0.15) is 11.5 Å². The number of rotatable bonds is 5. The third-order valence-electron chi connectivity index (χ3n) is 2.93. The van der Waals surface area contributed by atoms with Crippen molar-refractivity contribution in [2.75, 3.05) is 14.2 Å². The van der Waals surface area contributed by atoms with E-state index >= 15 is 0 Å². The monoisotopic (exact) mass is 278 g/mol. The number of hydrogen-bond donors (Lipinski definition) is 1. The average Bonchev–Trinajstić information content (AvgIpc) is 2.83. The molecule has 0 amide bonds. The zero-order chi connectivity index (χ0) is 13.8. The van der Waals surface area contributed by atoms with E-state index in [0.29, 0.717) is 6.42 Å². The van der Waals surface area contributed by atoms with Crippen LogP contribution in [0.5, 0.6) is 11.5 Å². The predicted molar refractivity (Wildman–Crippen MR) is 77.0 cm³/mol. The molecule has 0 bridgehead atoms. The molecular weight excluding hydrogens is 260 g/mol. The number of ether oxygens (including phenoxy) is 2. The smallest absolute Gasteiger partial charge is 0.123 e. The first-order valence-electron chi connectivity index (χ1n) is 6.02. The second-order valence-corrected chi connectivity index (χ2v) is 5.34. The van der Waals surface area contributed by atoms with Crippen molar-refractivity contribution in [3.63, 3.8) is 0 Å². The number of hydrogen-bond acceptors (Lipinski definition) is 5. The summed E-state index contributed by atoms with van der Waals surface area (Å²) in [5.74, 6) is 1.56. The maximum atomic E-state index is 6.27. The summed E-state index contributed by atoms with van der Waals surface area (Å²) in [7, 11) is 3.28. The van der Waals surface area contributed by atoms with Gasteiger partial charge in [0.15, 0.2) is 0 Å². The fourth-order valence-corrected chi connectivity index (χ4v) is 2.59. The molecule has 2 N–H and O–H groups in total. The Morgan fingerprint density at radius 2 is 2.11 bits per heavy atom. The summed E-state index contributed by atoms with van der Waals surface area (Å²) in [6.45, 7) is 1.99. The fourth-order valence-electron chi connectivity index (χ4n) is 1.97. The van der Waals surface area contributed by atoms with Gasteiger partial charge in [-0.3, -0.25) is 0 Å². The minimum Gasteiger partial charge on any atom is -0.497 e. The first-order chi connectivity index (χ1) is 9.13. The average molecular weight is 278 g/mol. The van der Waals surface area contributed by atoms with Crippen LogP contribution in [-0.2, 0) is 6.42 Å². The number of nitrogens with two attached hydrogens (primary N) is 1. The van der Waals surface area contributed by atoms with Crippen LogP contribution < -0.4 is 15.2 Å². The molecule has 0 saturated carbocycles. The van der Waals surface area contributed by atoms with E-state index in [-0.39, 0.29) is 6.04 Å². The minimum atomic E-state index is -0.161. The van der Waals surface area contributed by atoms with Crippen LogP contribution in [0.3, 0.4) is 0 Å². The Balaban J connectivity index is 2.23. The molecule has 5 heteroatoms. The van der Waals surface area contributed by atoms with Gasteiger partial charge in [0.05, 0.1) is 24.9 Å². The summed E-state index contributed by atoms with van der Waals surface area (Å²) in [4.78, 5) is 4.44. The topological polar surface area (TPSA) is 57.4 Å². The Morgan fingerprint density at radius 3 is 2.68 bits per heavy atom. The van der Waals surface area contributed by atoms with E-state index in [0.717, 1.165) is 27.8 Å². The molecular formula is C14H18N2O2S. The molecule has 1 aromatic carbocycles. The maximum Gasteiger partial charge on any atom is 0.123 e. The largest absolute Gasteiger partial charge is 0.497 e. The summed E-state index contributed by atoms with van der Waals surface area (Å²) < 4.78 is 10.6. The highest BCUT2D eigenvalue weighted by atomic mass is 32.1. The molecule has 2 aromatic rings. The van der Waals surface area contributed by atoms with E-state index in [1.165, 1.54) is 0 Å². The van der Waals surface area contributed by atoms with Crippen molar-refractivity contribution in [3.05, 3.63) is 39.8 Å². The zero-order valence-corrected chi connectivity index (χ0v) is 12.2. The Morgan fingerprint density at radius 1 is 1.32 bits per heavy atom. The van der Waals surface area contributed by atoms with Gasteiger partial charge in [-0.25, -0.2) is 4.98 Å². The van der Waals surface area contributed by atoms with Crippen molar-refractivity contribution < 1.29 is 9.47 Å². The summed E-state index contributed by atoms with van der Waals surface area (Å²) in [5, 5.41) is 3.10. The number of aromatic nitrogens is 1. The maximum absolute atomic E-state index is 6.27. The van der Waals surface area contributed by atoms with Gasteiger partial charge in [-0.05, 0) is 25.1 Å². The van der Waals surface area contributed by atoms with Crippen LogP contribution in [0, 0.1) is 6.92 Å². The van der Waals surface area contributed by atoms with Crippen LogP contribution >= 0.6 is 11.3 Å². The van der Waals surface area contributed by atoms with Gasteiger partial charge in [0, 0.05) is 23.4 Å². The zero-order valence-electron chi connectivity index (χ0n) is 11.3. The third kappa shape index (κ3) is 3.24. The van der Waals surface area contributed by atoms with E-state index < -0.39 is 0 Å². The van der Waals surface area contributed by atoms with E-state index in [1.807, 2.05) is 30.5 Å². The van der Waals surface area contributed by atoms with Crippen LogP contribution in [0.15, 0.2) is 23.6 Å². The molecule has 1 unspecified atom stereocenters. The quantitative estimate of drug-likeness (QED) is 0.913. The molecule has 2 rings (SSSR count). The van der Waals surface area contributed by atoms with E-state index in [9.17, 15) is 0 Å². The number of benzene rings is 1. The minimum absolute atomic E-state index is 0.161. The van der Waals surface area contributed by atoms with Crippen molar-refractivity contribution in [2.24, 2.45) is 5.73 Å². The van der Waals surface area contributed by atoms with Gasteiger partial charge in [0.25, 0.3) is 0 Å². The lowest BCUT2D eigenvalue weighted by molar-refractivity contribution is 0.395. The molecule has 0 aliphatic carbocycles. The Labute approximate surface area is 117 Å². The van der Waals surface area contributed by atoms with Crippen LogP contribution in [0.2, 0.25) is 0 Å². The first kappa shape index (κ1) is 13.8. The molecule has 0 aliphatic heterocycles.